The third kappa shape index (κ3) is 3.62. The zero-order chi connectivity index (χ0) is 12.0. The number of hydrogen-bond acceptors (Lipinski definition) is 1. The fourth-order valence-corrected chi connectivity index (χ4v) is 1.86. The molecule has 1 nitrogen and oxygen atoms in total. The molecular weight excluding hydrogens is 269 g/mol. The molecule has 0 aromatic heterocycles. The molecule has 0 aliphatic rings. The van der Waals surface area contributed by atoms with Gasteiger partial charge in [-0.1, -0.05) is 31.4 Å². The van der Waals surface area contributed by atoms with Gasteiger partial charge in [-0.25, -0.2) is 4.39 Å². The van der Waals surface area contributed by atoms with Crippen molar-refractivity contribution in [2.45, 2.75) is 32.4 Å². The van der Waals surface area contributed by atoms with Gasteiger partial charge in [0.1, 0.15) is 5.82 Å². The summed E-state index contributed by atoms with van der Waals surface area (Å²) in [5, 5.41) is 3.22. The van der Waals surface area contributed by atoms with Crippen LogP contribution in [0, 0.1) is 18.2 Å². The van der Waals surface area contributed by atoms with Gasteiger partial charge in [-0.15, -0.1) is 6.42 Å². The lowest BCUT2D eigenvalue weighted by molar-refractivity contribution is 0.557. The molecule has 0 radical (unpaired) electrons. The molecule has 1 atom stereocenters. The first-order valence-electron chi connectivity index (χ1n) is 5.31. The second kappa shape index (κ2) is 6.67. The number of nitrogens with one attached hydrogen (secondary N) is 1. The highest BCUT2D eigenvalue weighted by Gasteiger charge is 2.07. The lowest BCUT2D eigenvalue weighted by Crippen LogP contribution is -2.26. The minimum atomic E-state index is -0.243. The second-order valence-electron chi connectivity index (χ2n) is 3.60. The maximum absolute atomic E-state index is 13.2. The van der Waals surface area contributed by atoms with Crippen molar-refractivity contribution in [3.05, 3.63) is 34.1 Å². The molecule has 0 amide bonds. The predicted molar refractivity (Wildman–Crippen MR) is 68.5 cm³/mol. The minimum Gasteiger partial charge on any atom is -0.300 e. The Morgan fingerprint density at radius 3 is 2.94 bits per heavy atom. The van der Waals surface area contributed by atoms with E-state index in [9.17, 15) is 4.39 Å². The van der Waals surface area contributed by atoms with Crippen LogP contribution in [0.3, 0.4) is 0 Å². The summed E-state index contributed by atoms with van der Waals surface area (Å²) in [4.78, 5) is 0. The third-order valence-electron chi connectivity index (χ3n) is 2.35. The summed E-state index contributed by atoms with van der Waals surface area (Å²) >= 11 is 3.22. The number of hydrogen-bond donors (Lipinski definition) is 1. The maximum Gasteiger partial charge on any atom is 0.137 e. The highest BCUT2D eigenvalue weighted by Crippen LogP contribution is 2.20. The SMILES string of the molecule is C#CC(CCC)NCc1cccc(F)c1Br. The van der Waals surface area contributed by atoms with E-state index in [1.807, 2.05) is 6.07 Å². The fourth-order valence-electron chi connectivity index (χ4n) is 1.45. The summed E-state index contributed by atoms with van der Waals surface area (Å²) < 4.78 is 13.7. The predicted octanol–water partition coefficient (Wildman–Crippen LogP) is 3.48. The molecule has 0 aliphatic heterocycles. The minimum absolute atomic E-state index is 0.0557. The molecule has 0 saturated heterocycles. The van der Waals surface area contributed by atoms with E-state index in [0.717, 1.165) is 18.4 Å². The van der Waals surface area contributed by atoms with Crippen molar-refractivity contribution in [3.8, 4) is 12.3 Å². The van der Waals surface area contributed by atoms with E-state index in [4.69, 9.17) is 6.42 Å². The number of halogens is 2. The van der Waals surface area contributed by atoms with E-state index >= 15 is 0 Å². The Morgan fingerprint density at radius 1 is 1.56 bits per heavy atom. The van der Waals surface area contributed by atoms with Gasteiger partial charge in [0.25, 0.3) is 0 Å². The van der Waals surface area contributed by atoms with Crippen LogP contribution in [-0.2, 0) is 6.54 Å². The molecule has 86 valence electrons. The van der Waals surface area contributed by atoms with Crippen molar-refractivity contribution < 1.29 is 4.39 Å². The van der Waals surface area contributed by atoms with Crippen molar-refractivity contribution in [2.24, 2.45) is 0 Å². The summed E-state index contributed by atoms with van der Waals surface area (Å²) in [5.41, 5.74) is 0.886. The lowest BCUT2D eigenvalue weighted by Gasteiger charge is -2.12. The Hall–Kier alpha value is -0.850. The summed E-state index contributed by atoms with van der Waals surface area (Å²) in [6.45, 7) is 2.66. The first-order chi connectivity index (χ1) is 7.69. The molecule has 1 N–H and O–H groups in total. The molecule has 0 bridgehead atoms. The summed E-state index contributed by atoms with van der Waals surface area (Å²) in [6.07, 6.45) is 7.36. The van der Waals surface area contributed by atoms with Crippen molar-refractivity contribution in [2.75, 3.05) is 0 Å². The molecule has 0 saturated carbocycles. The largest absolute Gasteiger partial charge is 0.300 e. The van der Waals surface area contributed by atoms with Crippen LogP contribution in [0.4, 0.5) is 4.39 Å². The lowest BCUT2D eigenvalue weighted by atomic mass is 10.1. The molecule has 0 aliphatic carbocycles. The molecular formula is C13H15BrFN. The van der Waals surface area contributed by atoms with Crippen molar-refractivity contribution in [1.82, 2.24) is 5.32 Å². The molecule has 3 heteroatoms. The van der Waals surface area contributed by atoms with Gasteiger partial charge in [-0.2, -0.15) is 0 Å². The quantitative estimate of drug-likeness (QED) is 0.816. The average molecular weight is 284 g/mol. The topological polar surface area (TPSA) is 12.0 Å². The Bertz CT molecular complexity index is 384. The van der Waals surface area contributed by atoms with Crippen molar-refractivity contribution in [3.63, 3.8) is 0 Å². The van der Waals surface area contributed by atoms with Crippen LogP contribution in [0.5, 0.6) is 0 Å². The molecule has 0 heterocycles. The summed E-state index contributed by atoms with van der Waals surface area (Å²) in [6, 6.07) is 5.06. The van der Waals surface area contributed by atoms with Gasteiger partial charge < -0.3 is 0 Å². The first kappa shape index (κ1) is 13.2. The zero-order valence-electron chi connectivity index (χ0n) is 9.26. The Labute approximate surface area is 105 Å². The van der Waals surface area contributed by atoms with Gasteiger partial charge >= 0.3 is 0 Å². The van der Waals surface area contributed by atoms with Crippen LogP contribution in [0.25, 0.3) is 0 Å². The molecule has 1 unspecified atom stereocenters. The first-order valence-corrected chi connectivity index (χ1v) is 6.10. The van der Waals surface area contributed by atoms with E-state index in [1.165, 1.54) is 6.07 Å². The Balaban J connectivity index is 2.61. The molecule has 1 rings (SSSR count). The molecule has 0 spiro atoms. The number of benzene rings is 1. The molecule has 1 aromatic rings. The van der Waals surface area contributed by atoms with Gasteiger partial charge in [0, 0.05) is 6.54 Å². The van der Waals surface area contributed by atoms with Crippen molar-refractivity contribution in [1.29, 1.82) is 0 Å². The Kier molecular flexibility index (Phi) is 5.51. The normalized spacial score (nSPS) is 12.1. The van der Waals surface area contributed by atoms with E-state index < -0.39 is 0 Å². The number of terminal acetylenes is 1. The average Bonchev–Trinajstić information content (AvgIpc) is 2.29. The molecule has 0 fully saturated rings. The number of rotatable bonds is 5. The van der Waals surface area contributed by atoms with Crippen LogP contribution < -0.4 is 5.32 Å². The Morgan fingerprint density at radius 2 is 2.31 bits per heavy atom. The van der Waals surface area contributed by atoms with E-state index in [0.29, 0.717) is 11.0 Å². The van der Waals surface area contributed by atoms with E-state index in [2.05, 4.69) is 34.1 Å². The van der Waals surface area contributed by atoms with Gasteiger partial charge in [0.15, 0.2) is 0 Å². The monoisotopic (exact) mass is 283 g/mol. The van der Waals surface area contributed by atoms with Crippen LogP contribution in [0.2, 0.25) is 0 Å². The van der Waals surface area contributed by atoms with Gasteiger partial charge in [0.2, 0.25) is 0 Å². The molecule has 1 aromatic carbocycles. The zero-order valence-corrected chi connectivity index (χ0v) is 10.8. The van der Waals surface area contributed by atoms with Crippen LogP contribution in [0.15, 0.2) is 22.7 Å². The molecule has 16 heavy (non-hydrogen) atoms. The van der Waals surface area contributed by atoms with Crippen LogP contribution in [-0.4, -0.2) is 6.04 Å². The summed E-state index contributed by atoms with van der Waals surface area (Å²) in [7, 11) is 0. The smallest absolute Gasteiger partial charge is 0.137 e. The van der Waals surface area contributed by atoms with Gasteiger partial charge in [-0.05, 0) is 34.0 Å². The van der Waals surface area contributed by atoms with Crippen LogP contribution >= 0.6 is 15.9 Å². The fraction of sp³-hybridized carbons (Fsp3) is 0.385. The van der Waals surface area contributed by atoms with Crippen LogP contribution in [0.1, 0.15) is 25.3 Å². The highest BCUT2D eigenvalue weighted by molar-refractivity contribution is 9.10. The maximum atomic E-state index is 13.2. The standard InChI is InChI=1S/C13H15BrFN/c1-3-6-11(4-2)16-9-10-7-5-8-12(15)13(10)14/h2,5,7-8,11,16H,3,6,9H2,1H3. The van der Waals surface area contributed by atoms with Crippen molar-refractivity contribution >= 4 is 15.9 Å². The van der Waals surface area contributed by atoms with E-state index in [-0.39, 0.29) is 11.9 Å². The highest BCUT2D eigenvalue weighted by atomic mass is 79.9. The van der Waals surface area contributed by atoms with Gasteiger partial charge in [0.05, 0.1) is 10.5 Å². The third-order valence-corrected chi connectivity index (χ3v) is 3.24. The summed E-state index contributed by atoms with van der Waals surface area (Å²) in [5.74, 6) is 2.44. The second-order valence-corrected chi connectivity index (χ2v) is 4.39. The van der Waals surface area contributed by atoms with E-state index in [1.54, 1.807) is 6.07 Å². The van der Waals surface area contributed by atoms with Gasteiger partial charge in [-0.3, -0.25) is 5.32 Å².